The van der Waals surface area contributed by atoms with Crippen molar-refractivity contribution in [3.8, 4) is 0 Å². The summed E-state index contributed by atoms with van der Waals surface area (Å²) in [5, 5.41) is 9.54. The second kappa shape index (κ2) is 6.68. The maximum absolute atomic E-state index is 8.59. The summed E-state index contributed by atoms with van der Waals surface area (Å²) in [5.74, 6) is 0.813. The Morgan fingerprint density at radius 2 is 1.89 bits per heavy atom. The van der Waals surface area contributed by atoms with Gasteiger partial charge in [0.1, 0.15) is 5.03 Å². The Morgan fingerprint density at radius 1 is 1.17 bits per heavy atom. The summed E-state index contributed by atoms with van der Waals surface area (Å²) in [6.07, 6.45) is 0. The van der Waals surface area contributed by atoms with E-state index >= 15 is 0 Å². The molecular formula is C13H16N2O2S. The monoisotopic (exact) mass is 264 g/mol. The lowest BCUT2D eigenvalue weighted by molar-refractivity contribution is 0.103. The van der Waals surface area contributed by atoms with E-state index in [1.54, 1.807) is 11.8 Å². The summed E-state index contributed by atoms with van der Waals surface area (Å²) in [6.45, 7) is 3.04. The number of hydrogen-bond acceptors (Lipinski definition) is 5. The van der Waals surface area contributed by atoms with E-state index in [4.69, 9.17) is 9.84 Å². The molecule has 1 aromatic heterocycles. The topological polar surface area (TPSA) is 55.2 Å². The number of fused-ring (bicyclic) bond motifs is 1. The number of para-hydroxylation sites is 2. The first-order valence-electron chi connectivity index (χ1n) is 5.86. The molecule has 18 heavy (non-hydrogen) atoms. The lowest BCUT2D eigenvalue weighted by atomic mass is 10.3. The van der Waals surface area contributed by atoms with Gasteiger partial charge in [-0.2, -0.15) is 0 Å². The van der Waals surface area contributed by atoms with Crippen LogP contribution in [0.3, 0.4) is 0 Å². The van der Waals surface area contributed by atoms with Gasteiger partial charge >= 0.3 is 0 Å². The van der Waals surface area contributed by atoms with E-state index in [2.05, 4.69) is 9.97 Å². The number of aliphatic hydroxyl groups excluding tert-OH is 1. The molecule has 0 bridgehead atoms. The largest absolute Gasteiger partial charge is 0.394 e. The predicted octanol–water partition coefficient (Wildman–Crippen LogP) is 2.04. The fraction of sp³-hybridized carbons (Fsp3) is 0.385. The van der Waals surface area contributed by atoms with Crippen LogP contribution in [0.4, 0.5) is 0 Å². The second-order valence-corrected chi connectivity index (χ2v) is 4.87. The number of ether oxygens (including phenoxy) is 1. The fourth-order valence-corrected chi connectivity index (χ4v) is 2.38. The number of thioether (sulfide) groups is 1. The Labute approximate surface area is 110 Å². The molecule has 0 fully saturated rings. The first-order chi connectivity index (χ1) is 8.81. The van der Waals surface area contributed by atoms with Crippen molar-refractivity contribution in [2.24, 2.45) is 0 Å². The quantitative estimate of drug-likeness (QED) is 0.639. The third kappa shape index (κ3) is 3.41. The number of benzene rings is 1. The molecular weight excluding hydrogens is 248 g/mol. The zero-order valence-corrected chi connectivity index (χ0v) is 11.1. The predicted molar refractivity (Wildman–Crippen MR) is 72.9 cm³/mol. The van der Waals surface area contributed by atoms with Gasteiger partial charge in [0.15, 0.2) is 0 Å². The molecule has 0 atom stereocenters. The van der Waals surface area contributed by atoms with Crippen molar-refractivity contribution in [3.05, 3.63) is 30.0 Å². The molecule has 0 spiro atoms. The van der Waals surface area contributed by atoms with Crippen LogP contribution in [0.2, 0.25) is 0 Å². The summed E-state index contributed by atoms with van der Waals surface area (Å²) >= 11 is 1.63. The highest BCUT2D eigenvalue weighted by Crippen LogP contribution is 2.21. The first-order valence-corrected chi connectivity index (χ1v) is 6.84. The molecule has 1 aromatic carbocycles. The lowest BCUT2D eigenvalue weighted by Crippen LogP contribution is -2.03. The van der Waals surface area contributed by atoms with Crippen molar-refractivity contribution in [1.29, 1.82) is 0 Å². The van der Waals surface area contributed by atoms with E-state index < -0.39 is 0 Å². The molecule has 5 heteroatoms. The van der Waals surface area contributed by atoms with Crippen LogP contribution < -0.4 is 0 Å². The van der Waals surface area contributed by atoms with Crippen LogP contribution in [0.25, 0.3) is 11.0 Å². The van der Waals surface area contributed by atoms with E-state index in [-0.39, 0.29) is 6.61 Å². The summed E-state index contributed by atoms with van der Waals surface area (Å²) in [5.41, 5.74) is 2.79. The van der Waals surface area contributed by atoms with Crippen LogP contribution in [0.1, 0.15) is 5.69 Å². The minimum Gasteiger partial charge on any atom is -0.394 e. The maximum Gasteiger partial charge on any atom is 0.118 e. The van der Waals surface area contributed by atoms with E-state index in [1.165, 1.54) is 0 Å². The van der Waals surface area contributed by atoms with Crippen molar-refractivity contribution in [3.63, 3.8) is 0 Å². The van der Waals surface area contributed by atoms with Crippen LogP contribution in [-0.4, -0.2) is 40.6 Å². The molecule has 0 radical (unpaired) electrons. The number of aromatic nitrogens is 2. The van der Waals surface area contributed by atoms with Crippen LogP contribution >= 0.6 is 11.8 Å². The number of rotatable bonds is 6. The normalized spacial score (nSPS) is 11.0. The highest BCUT2D eigenvalue weighted by molar-refractivity contribution is 7.99. The molecule has 2 rings (SSSR count). The van der Waals surface area contributed by atoms with E-state index in [0.717, 1.165) is 27.5 Å². The van der Waals surface area contributed by atoms with Gasteiger partial charge in [-0.1, -0.05) is 12.1 Å². The molecule has 0 saturated carbocycles. The molecule has 0 saturated heterocycles. The molecule has 96 valence electrons. The van der Waals surface area contributed by atoms with E-state index in [9.17, 15) is 0 Å². The minimum absolute atomic E-state index is 0.0689. The molecule has 0 aliphatic rings. The Balaban J connectivity index is 2.01. The smallest absolute Gasteiger partial charge is 0.118 e. The highest BCUT2D eigenvalue weighted by atomic mass is 32.2. The Hall–Kier alpha value is -1.17. The SMILES string of the molecule is Cc1nc2ccccc2nc1SCCOCCO. The van der Waals surface area contributed by atoms with Crippen molar-refractivity contribution in [2.45, 2.75) is 11.9 Å². The Morgan fingerprint density at radius 3 is 2.61 bits per heavy atom. The van der Waals surface area contributed by atoms with Gasteiger partial charge in [-0.3, -0.25) is 0 Å². The van der Waals surface area contributed by atoms with Crippen molar-refractivity contribution < 1.29 is 9.84 Å². The van der Waals surface area contributed by atoms with Crippen LogP contribution in [-0.2, 0) is 4.74 Å². The Bertz CT molecular complexity index is 519. The molecule has 0 aliphatic heterocycles. The molecule has 0 aliphatic carbocycles. The first kappa shape index (κ1) is 13.3. The highest BCUT2D eigenvalue weighted by Gasteiger charge is 2.05. The standard InChI is InChI=1S/C13H16N2O2S/c1-10-13(18-9-8-17-7-6-16)15-12-5-3-2-4-11(12)14-10/h2-5,16H,6-9H2,1H3. The molecule has 0 amide bonds. The van der Waals surface area contributed by atoms with E-state index in [1.807, 2.05) is 31.2 Å². The van der Waals surface area contributed by atoms with Gasteiger partial charge in [-0.25, -0.2) is 9.97 Å². The van der Waals surface area contributed by atoms with Crippen molar-refractivity contribution in [2.75, 3.05) is 25.6 Å². The Kier molecular flexibility index (Phi) is 4.92. The average molecular weight is 264 g/mol. The molecule has 4 nitrogen and oxygen atoms in total. The van der Waals surface area contributed by atoms with Gasteiger partial charge in [0.2, 0.25) is 0 Å². The summed E-state index contributed by atoms with van der Waals surface area (Å²) in [7, 11) is 0. The third-order valence-electron chi connectivity index (χ3n) is 2.40. The van der Waals surface area contributed by atoms with Crippen molar-refractivity contribution >= 4 is 22.8 Å². The number of aryl methyl sites for hydroxylation is 1. The number of nitrogens with zero attached hydrogens (tertiary/aromatic N) is 2. The van der Waals surface area contributed by atoms with Gasteiger partial charge in [0.05, 0.1) is 36.5 Å². The zero-order chi connectivity index (χ0) is 12.8. The zero-order valence-electron chi connectivity index (χ0n) is 10.3. The van der Waals surface area contributed by atoms with Crippen LogP contribution in [0, 0.1) is 6.92 Å². The van der Waals surface area contributed by atoms with Gasteiger partial charge in [-0.05, 0) is 19.1 Å². The average Bonchev–Trinajstić information content (AvgIpc) is 2.39. The lowest BCUT2D eigenvalue weighted by Gasteiger charge is -2.06. The molecule has 0 unspecified atom stereocenters. The second-order valence-electron chi connectivity index (χ2n) is 3.79. The molecule has 2 aromatic rings. The summed E-state index contributed by atoms with van der Waals surface area (Å²) in [4.78, 5) is 9.11. The summed E-state index contributed by atoms with van der Waals surface area (Å²) in [6, 6.07) is 7.86. The number of aliphatic hydroxyl groups is 1. The van der Waals surface area contributed by atoms with E-state index in [0.29, 0.717) is 13.2 Å². The van der Waals surface area contributed by atoms with Crippen LogP contribution in [0.5, 0.6) is 0 Å². The molecule has 1 heterocycles. The van der Waals surface area contributed by atoms with Gasteiger partial charge in [0.25, 0.3) is 0 Å². The summed E-state index contributed by atoms with van der Waals surface area (Å²) < 4.78 is 5.21. The number of hydrogen-bond donors (Lipinski definition) is 1. The minimum atomic E-state index is 0.0689. The van der Waals surface area contributed by atoms with Crippen molar-refractivity contribution in [1.82, 2.24) is 9.97 Å². The fourth-order valence-electron chi connectivity index (χ4n) is 1.57. The van der Waals surface area contributed by atoms with Gasteiger partial charge in [-0.15, -0.1) is 11.8 Å². The maximum atomic E-state index is 8.59. The molecule has 1 N–H and O–H groups in total. The third-order valence-corrected chi connectivity index (χ3v) is 3.43. The van der Waals surface area contributed by atoms with Crippen LogP contribution in [0.15, 0.2) is 29.3 Å². The van der Waals surface area contributed by atoms with Gasteiger partial charge < -0.3 is 9.84 Å². The van der Waals surface area contributed by atoms with Gasteiger partial charge in [0, 0.05) is 5.75 Å².